The van der Waals surface area contributed by atoms with E-state index in [9.17, 15) is 8.42 Å². The molecule has 0 aliphatic rings. The Kier molecular flexibility index (Phi) is 4.62. The Morgan fingerprint density at radius 1 is 1.16 bits per heavy atom. The van der Waals surface area contributed by atoms with Gasteiger partial charge in [-0.2, -0.15) is 4.31 Å². The van der Waals surface area contributed by atoms with Crippen molar-refractivity contribution in [2.24, 2.45) is 0 Å². The van der Waals surface area contributed by atoms with E-state index < -0.39 is 10.0 Å². The van der Waals surface area contributed by atoms with Crippen molar-refractivity contribution >= 4 is 33.0 Å². The first-order valence-electron chi connectivity index (χ1n) is 5.83. The number of halogens is 1. The molecule has 0 unspecified atom stereocenters. The maximum Gasteiger partial charge on any atom is 0.243 e. The van der Waals surface area contributed by atoms with Crippen LogP contribution in [0.3, 0.4) is 0 Å². The van der Waals surface area contributed by atoms with E-state index in [2.05, 4.69) is 0 Å². The summed E-state index contributed by atoms with van der Waals surface area (Å²) < 4.78 is 27.1. The summed E-state index contributed by atoms with van der Waals surface area (Å²) in [6, 6.07) is 12.1. The summed E-state index contributed by atoms with van der Waals surface area (Å²) in [6.45, 7) is 2.60. The average Bonchev–Trinajstić information content (AvgIpc) is 2.82. The van der Waals surface area contributed by atoms with Crippen molar-refractivity contribution in [1.29, 1.82) is 0 Å². The van der Waals surface area contributed by atoms with Gasteiger partial charge in [-0.3, -0.25) is 0 Å². The maximum atomic E-state index is 12.5. The smallest absolute Gasteiger partial charge is 0.207 e. The van der Waals surface area contributed by atoms with Gasteiger partial charge in [-0.15, -0.1) is 11.3 Å². The SMILES string of the molecule is CCN(Cc1ccc(Cl)s1)S(=O)(=O)c1ccccc1. The van der Waals surface area contributed by atoms with Gasteiger partial charge >= 0.3 is 0 Å². The number of hydrogen-bond donors (Lipinski definition) is 0. The first kappa shape index (κ1) is 14.5. The molecule has 0 N–H and O–H groups in total. The van der Waals surface area contributed by atoms with E-state index >= 15 is 0 Å². The Balaban J connectivity index is 2.26. The molecule has 19 heavy (non-hydrogen) atoms. The topological polar surface area (TPSA) is 37.4 Å². The predicted molar refractivity (Wildman–Crippen MR) is 79.0 cm³/mol. The Labute approximate surface area is 122 Å². The van der Waals surface area contributed by atoms with Crippen molar-refractivity contribution in [1.82, 2.24) is 4.31 Å². The fourth-order valence-corrected chi connectivity index (χ4v) is 4.35. The monoisotopic (exact) mass is 315 g/mol. The van der Waals surface area contributed by atoms with Crippen molar-refractivity contribution in [3.8, 4) is 0 Å². The van der Waals surface area contributed by atoms with E-state index in [0.717, 1.165) is 4.88 Å². The van der Waals surface area contributed by atoms with Gasteiger partial charge in [0.15, 0.2) is 0 Å². The summed E-state index contributed by atoms with van der Waals surface area (Å²) in [4.78, 5) is 1.26. The average molecular weight is 316 g/mol. The molecular weight excluding hydrogens is 302 g/mol. The molecule has 2 rings (SSSR count). The molecule has 102 valence electrons. The molecule has 1 aromatic heterocycles. The second kappa shape index (κ2) is 6.05. The Morgan fingerprint density at radius 2 is 1.84 bits per heavy atom. The molecule has 1 aromatic carbocycles. The number of hydrogen-bond acceptors (Lipinski definition) is 3. The molecule has 1 heterocycles. The summed E-state index contributed by atoms with van der Waals surface area (Å²) in [5.41, 5.74) is 0. The summed E-state index contributed by atoms with van der Waals surface area (Å²) in [5.74, 6) is 0. The Morgan fingerprint density at radius 3 is 2.37 bits per heavy atom. The van der Waals surface area contributed by atoms with E-state index in [1.165, 1.54) is 15.6 Å². The molecule has 0 aliphatic heterocycles. The molecule has 2 aromatic rings. The van der Waals surface area contributed by atoms with Crippen LogP contribution in [0.25, 0.3) is 0 Å². The van der Waals surface area contributed by atoms with Crippen LogP contribution in [0.4, 0.5) is 0 Å². The molecular formula is C13H14ClNO2S2. The van der Waals surface area contributed by atoms with E-state index in [1.54, 1.807) is 36.4 Å². The Bertz CT molecular complexity index is 638. The van der Waals surface area contributed by atoms with Crippen molar-refractivity contribution < 1.29 is 8.42 Å². The van der Waals surface area contributed by atoms with Crippen LogP contribution in [-0.2, 0) is 16.6 Å². The highest BCUT2D eigenvalue weighted by atomic mass is 35.5. The lowest BCUT2D eigenvalue weighted by Gasteiger charge is -2.19. The highest BCUT2D eigenvalue weighted by Crippen LogP contribution is 2.25. The molecule has 0 saturated carbocycles. The van der Waals surface area contributed by atoms with Crippen molar-refractivity contribution in [3.05, 3.63) is 51.7 Å². The summed E-state index contributed by atoms with van der Waals surface area (Å²) in [6.07, 6.45) is 0. The van der Waals surface area contributed by atoms with Crippen LogP contribution < -0.4 is 0 Å². The van der Waals surface area contributed by atoms with Crippen LogP contribution in [0.2, 0.25) is 4.34 Å². The van der Waals surface area contributed by atoms with Crippen LogP contribution in [0.1, 0.15) is 11.8 Å². The van der Waals surface area contributed by atoms with Gasteiger partial charge in [-0.1, -0.05) is 36.7 Å². The van der Waals surface area contributed by atoms with Gasteiger partial charge in [0.05, 0.1) is 9.23 Å². The summed E-state index contributed by atoms with van der Waals surface area (Å²) >= 11 is 7.27. The van der Waals surface area contributed by atoms with E-state index in [0.29, 0.717) is 22.3 Å². The van der Waals surface area contributed by atoms with Gasteiger partial charge in [-0.25, -0.2) is 8.42 Å². The minimum absolute atomic E-state index is 0.319. The lowest BCUT2D eigenvalue weighted by atomic mass is 10.4. The standard InChI is InChI=1S/C13H14ClNO2S2/c1-2-15(10-11-8-9-13(14)18-11)19(16,17)12-6-4-3-5-7-12/h3-9H,2,10H2,1H3. The van der Waals surface area contributed by atoms with Crippen LogP contribution in [0.15, 0.2) is 47.4 Å². The maximum absolute atomic E-state index is 12.5. The number of benzene rings is 1. The van der Waals surface area contributed by atoms with Gasteiger partial charge in [0.2, 0.25) is 10.0 Å². The van der Waals surface area contributed by atoms with Crippen molar-refractivity contribution in [3.63, 3.8) is 0 Å². The van der Waals surface area contributed by atoms with Gasteiger partial charge in [0.1, 0.15) is 0 Å². The van der Waals surface area contributed by atoms with Gasteiger partial charge < -0.3 is 0 Å². The molecule has 0 atom stereocenters. The van der Waals surface area contributed by atoms with E-state index in [-0.39, 0.29) is 0 Å². The molecule has 6 heteroatoms. The van der Waals surface area contributed by atoms with Crippen molar-refractivity contribution in [2.45, 2.75) is 18.4 Å². The normalized spacial score (nSPS) is 11.9. The van der Waals surface area contributed by atoms with Crippen molar-refractivity contribution in [2.75, 3.05) is 6.54 Å². The molecule has 0 spiro atoms. The fraction of sp³-hybridized carbons (Fsp3) is 0.231. The summed E-state index contributed by atoms with van der Waals surface area (Å²) in [7, 11) is -3.44. The molecule has 0 bridgehead atoms. The largest absolute Gasteiger partial charge is 0.243 e. The lowest BCUT2D eigenvalue weighted by molar-refractivity contribution is 0.426. The van der Waals surface area contributed by atoms with Gasteiger partial charge in [-0.05, 0) is 24.3 Å². The van der Waals surface area contributed by atoms with Crippen LogP contribution in [0.5, 0.6) is 0 Å². The number of sulfonamides is 1. The zero-order valence-electron chi connectivity index (χ0n) is 10.4. The quantitative estimate of drug-likeness (QED) is 0.845. The second-order valence-electron chi connectivity index (χ2n) is 3.95. The first-order chi connectivity index (χ1) is 9.04. The molecule has 0 aliphatic carbocycles. The zero-order valence-corrected chi connectivity index (χ0v) is 12.8. The lowest BCUT2D eigenvalue weighted by Crippen LogP contribution is -2.30. The zero-order chi connectivity index (χ0) is 13.9. The molecule has 0 radical (unpaired) electrons. The third-order valence-electron chi connectivity index (χ3n) is 2.69. The minimum atomic E-state index is -3.44. The van der Waals surface area contributed by atoms with Gasteiger partial charge in [0, 0.05) is 18.0 Å². The molecule has 0 saturated heterocycles. The molecule has 0 fully saturated rings. The predicted octanol–water partition coefficient (Wildman–Crippen LogP) is 3.61. The molecule has 3 nitrogen and oxygen atoms in total. The fourth-order valence-electron chi connectivity index (χ4n) is 1.72. The van der Waals surface area contributed by atoms with Crippen LogP contribution >= 0.6 is 22.9 Å². The first-order valence-corrected chi connectivity index (χ1v) is 8.47. The van der Waals surface area contributed by atoms with E-state index in [1.807, 2.05) is 13.0 Å². The van der Waals surface area contributed by atoms with Crippen LogP contribution in [0, 0.1) is 0 Å². The highest BCUT2D eigenvalue weighted by Gasteiger charge is 2.23. The van der Waals surface area contributed by atoms with Crippen LogP contribution in [-0.4, -0.2) is 19.3 Å². The third-order valence-corrected chi connectivity index (χ3v) is 5.85. The number of thiophene rings is 1. The number of nitrogens with zero attached hydrogens (tertiary/aromatic N) is 1. The Hall–Kier alpha value is -0.880. The second-order valence-corrected chi connectivity index (χ2v) is 7.69. The highest BCUT2D eigenvalue weighted by molar-refractivity contribution is 7.89. The number of rotatable bonds is 5. The summed E-state index contributed by atoms with van der Waals surface area (Å²) in [5, 5.41) is 0. The van der Waals surface area contributed by atoms with E-state index in [4.69, 9.17) is 11.6 Å². The van der Waals surface area contributed by atoms with Gasteiger partial charge in [0.25, 0.3) is 0 Å². The molecule has 0 amide bonds. The third kappa shape index (κ3) is 3.36. The minimum Gasteiger partial charge on any atom is -0.207 e.